The van der Waals surface area contributed by atoms with Crippen LogP contribution in [0.2, 0.25) is 0 Å². The van der Waals surface area contributed by atoms with Gasteiger partial charge in [-0.3, -0.25) is 10.6 Å². The van der Waals surface area contributed by atoms with E-state index in [1.54, 1.807) is 19.2 Å². The maximum atomic E-state index is 11.4. The van der Waals surface area contributed by atoms with Crippen molar-refractivity contribution in [1.29, 1.82) is 0 Å². The van der Waals surface area contributed by atoms with Gasteiger partial charge in [-0.1, -0.05) is 6.07 Å². The molecule has 0 heterocycles. The van der Waals surface area contributed by atoms with Gasteiger partial charge in [0.25, 0.3) is 0 Å². The highest BCUT2D eigenvalue weighted by Crippen LogP contribution is 2.24. The van der Waals surface area contributed by atoms with E-state index in [0.717, 1.165) is 5.56 Å². The first kappa shape index (κ1) is 12.5. The van der Waals surface area contributed by atoms with Gasteiger partial charge < -0.3 is 15.5 Å². The van der Waals surface area contributed by atoms with Crippen molar-refractivity contribution in [3.05, 3.63) is 23.8 Å². The first-order chi connectivity index (χ1) is 7.67. The summed E-state index contributed by atoms with van der Waals surface area (Å²) in [6, 6.07) is 5.43. The molecule has 0 aliphatic carbocycles. The predicted octanol–water partition coefficient (Wildman–Crippen LogP) is 0.796. The van der Waals surface area contributed by atoms with Crippen molar-refractivity contribution in [3.63, 3.8) is 0 Å². The van der Waals surface area contributed by atoms with Gasteiger partial charge in [0.1, 0.15) is 0 Å². The molecule has 0 aliphatic heterocycles. The average molecular weight is 223 g/mol. The molecule has 0 aromatic heterocycles. The fourth-order valence-electron chi connectivity index (χ4n) is 1.23. The van der Waals surface area contributed by atoms with Crippen LogP contribution < -0.4 is 21.3 Å². The van der Waals surface area contributed by atoms with E-state index in [9.17, 15) is 4.79 Å². The van der Waals surface area contributed by atoms with E-state index in [2.05, 4.69) is 10.7 Å². The summed E-state index contributed by atoms with van der Waals surface area (Å²) in [5.74, 6) is 5.50. The number of carbonyl (C=O) groups is 1. The highest BCUT2D eigenvalue weighted by atomic mass is 16.5. The number of nitrogens with two attached hydrogens (primary N) is 1. The summed E-state index contributed by atoms with van der Waals surface area (Å²) in [5, 5.41) is 2.88. The fraction of sp³-hybridized carbons (Fsp3) is 0.364. The Labute approximate surface area is 94.9 Å². The second kappa shape index (κ2) is 6.09. The number of nitrogen functional groups attached to an aromatic ring is 1. The van der Waals surface area contributed by atoms with Gasteiger partial charge in [-0.2, -0.15) is 0 Å². The Kier molecular flexibility index (Phi) is 4.75. The summed E-state index contributed by atoms with van der Waals surface area (Å²) >= 11 is 0. The number of hydrogen-bond donors (Lipinski definition) is 3. The quantitative estimate of drug-likeness (QED) is 0.298. The van der Waals surface area contributed by atoms with Gasteiger partial charge in [0, 0.05) is 6.54 Å². The molecule has 5 heteroatoms. The molecular weight excluding hydrogens is 206 g/mol. The molecule has 0 saturated carbocycles. The number of esters is 1. The van der Waals surface area contributed by atoms with Crippen LogP contribution in [0.3, 0.4) is 0 Å². The van der Waals surface area contributed by atoms with Crippen LogP contribution in [0.25, 0.3) is 0 Å². The van der Waals surface area contributed by atoms with Gasteiger partial charge in [-0.05, 0) is 31.7 Å². The molecule has 5 nitrogen and oxygen atoms in total. The van der Waals surface area contributed by atoms with Crippen molar-refractivity contribution >= 4 is 11.7 Å². The highest BCUT2D eigenvalue weighted by Gasteiger charge is 2.08. The molecule has 0 spiro atoms. The van der Waals surface area contributed by atoms with E-state index < -0.39 is 0 Å². The second-order valence-corrected chi connectivity index (χ2v) is 3.47. The smallest absolute Gasteiger partial charge is 0.312 e. The Hall–Kier alpha value is -1.59. The van der Waals surface area contributed by atoms with Gasteiger partial charge in [0.05, 0.1) is 12.1 Å². The van der Waals surface area contributed by atoms with Crippen molar-refractivity contribution in [1.82, 2.24) is 5.32 Å². The van der Waals surface area contributed by atoms with E-state index in [0.29, 0.717) is 24.4 Å². The van der Waals surface area contributed by atoms with Crippen LogP contribution in [-0.2, 0) is 4.79 Å². The lowest BCUT2D eigenvalue weighted by molar-refractivity contribution is -0.134. The van der Waals surface area contributed by atoms with Crippen LogP contribution in [0, 0.1) is 6.92 Å². The third-order valence-electron chi connectivity index (χ3n) is 2.10. The maximum Gasteiger partial charge on any atom is 0.312 e. The molecule has 0 aliphatic rings. The molecule has 88 valence electrons. The number of nitrogens with one attached hydrogen (secondary N) is 2. The summed E-state index contributed by atoms with van der Waals surface area (Å²) in [4.78, 5) is 11.4. The first-order valence-corrected chi connectivity index (χ1v) is 5.10. The zero-order valence-electron chi connectivity index (χ0n) is 9.54. The summed E-state index contributed by atoms with van der Waals surface area (Å²) in [5.41, 5.74) is 4.10. The Morgan fingerprint density at radius 1 is 1.50 bits per heavy atom. The third kappa shape index (κ3) is 3.52. The Bertz CT molecular complexity index is 366. The molecule has 0 bridgehead atoms. The summed E-state index contributed by atoms with van der Waals surface area (Å²) < 4.78 is 5.20. The summed E-state index contributed by atoms with van der Waals surface area (Å²) in [7, 11) is 1.78. The number of hydrazine groups is 1. The number of aryl methyl sites for hydroxylation is 1. The van der Waals surface area contributed by atoms with Gasteiger partial charge in [-0.25, -0.2) is 0 Å². The second-order valence-electron chi connectivity index (χ2n) is 3.47. The highest BCUT2D eigenvalue weighted by molar-refractivity contribution is 5.75. The Balaban J connectivity index is 2.71. The van der Waals surface area contributed by atoms with Crippen LogP contribution in [-0.4, -0.2) is 19.6 Å². The van der Waals surface area contributed by atoms with Crippen LogP contribution in [0.15, 0.2) is 18.2 Å². The molecule has 16 heavy (non-hydrogen) atoms. The van der Waals surface area contributed by atoms with E-state index in [1.165, 1.54) is 0 Å². The Morgan fingerprint density at radius 2 is 2.25 bits per heavy atom. The minimum atomic E-state index is -0.281. The van der Waals surface area contributed by atoms with E-state index >= 15 is 0 Å². The molecule has 0 radical (unpaired) electrons. The lowest BCUT2D eigenvalue weighted by Crippen LogP contribution is -2.18. The number of rotatable bonds is 5. The van der Waals surface area contributed by atoms with Crippen LogP contribution in [0.5, 0.6) is 5.75 Å². The predicted molar refractivity (Wildman–Crippen MR) is 63.2 cm³/mol. The molecule has 0 unspecified atom stereocenters. The number of benzene rings is 1. The molecule has 1 aromatic carbocycles. The molecule has 0 atom stereocenters. The lowest BCUT2D eigenvalue weighted by Gasteiger charge is -2.10. The van der Waals surface area contributed by atoms with Crippen molar-refractivity contribution < 1.29 is 9.53 Å². The molecular formula is C11H17N3O2. The number of carbonyl (C=O) groups excluding carboxylic acids is 1. The van der Waals surface area contributed by atoms with Gasteiger partial charge in [-0.15, -0.1) is 0 Å². The molecule has 0 amide bonds. The first-order valence-electron chi connectivity index (χ1n) is 5.10. The molecule has 1 aromatic rings. The van der Waals surface area contributed by atoms with E-state index in [-0.39, 0.29) is 5.97 Å². The number of ether oxygens (including phenoxy) is 1. The monoisotopic (exact) mass is 223 g/mol. The molecule has 0 saturated heterocycles. The zero-order valence-corrected chi connectivity index (χ0v) is 9.54. The van der Waals surface area contributed by atoms with Crippen molar-refractivity contribution in [2.45, 2.75) is 13.3 Å². The standard InChI is InChI=1S/C11H17N3O2/c1-8-3-4-9(14-12)10(7-8)16-11(15)5-6-13-2/h3-4,7,13-14H,5-6,12H2,1-2H3. The third-order valence-corrected chi connectivity index (χ3v) is 2.10. The Morgan fingerprint density at radius 3 is 2.88 bits per heavy atom. The average Bonchev–Trinajstić information content (AvgIpc) is 2.27. The van der Waals surface area contributed by atoms with Crippen LogP contribution in [0.4, 0.5) is 5.69 Å². The fourth-order valence-corrected chi connectivity index (χ4v) is 1.23. The summed E-state index contributed by atoms with van der Waals surface area (Å²) in [6.45, 7) is 2.52. The van der Waals surface area contributed by atoms with Gasteiger partial charge in [0.15, 0.2) is 5.75 Å². The topological polar surface area (TPSA) is 76.4 Å². The minimum absolute atomic E-state index is 0.281. The number of hydrogen-bond acceptors (Lipinski definition) is 5. The maximum absolute atomic E-state index is 11.4. The summed E-state index contributed by atoms with van der Waals surface area (Å²) in [6.07, 6.45) is 0.328. The number of anilines is 1. The van der Waals surface area contributed by atoms with Crippen LogP contribution >= 0.6 is 0 Å². The van der Waals surface area contributed by atoms with Crippen molar-refractivity contribution in [3.8, 4) is 5.75 Å². The molecule has 0 fully saturated rings. The van der Waals surface area contributed by atoms with Crippen LogP contribution in [0.1, 0.15) is 12.0 Å². The van der Waals surface area contributed by atoms with Crippen molar-refractivity contribution in [2.75, 3.05) is 19.0 Å². The SMILES string of the molecule is CNCCC(=O)Oc1cc(C)ccc1NN. The van der Waals surface area contributed by atoms with E-state index in [1.807, 2.05) is 13.0 Å². The van der Waals surface area contributed by atoms with Crippen molar-refractivity contribution in [2.24, 2.45) is 5.84 Å². The molecule has 4 N–H and O–H groups in total. The van der Waals surface area contributed by atoms with E-state index in [4.69, 9.17) is 10.6 Å². The molecule has 1 rings (SSSR count). The normalized spacial score (nSPS) is 9.94. The minimum Gasteiger partial charge on any atom is -0.424 e. The van der Waals surface area contributed by atoms with Gasteiger partial charge in [0.2, 0.25) is 0 Å². The van der Waals surface area contributed by atoms with Gasteiger partial charge >= 0.3 is 5.97 Å². The lowest BCUT2D eigenvalue weighted by atomic mass is 10.2. The largest absolute Gasteiger partial charge is 0.424 e. The zero-order chi connectivity index (χ0) is 12.0.